The number of rotatable bonds is 6. The molecule has 5 heteroatoms. The Kier molecular flexibility index (Phi) is 4.87. The van der Waals surface area contributed by atoms with Gasteiger partial charge in [0.1, 0.15) is 0 Å². The minimum Gasteiger partial charge on any atom is -0.384 e. The van der Waals surface area contributed by atoms with Gasteiger partial charge in [-0.1, -0.05) is 19.9 Å². The van der Waals surface area contributed by atoms with Gasteiger partial charge in [-0.15, -0.1) is 0 Å². The molecule has 1 N–H and O–H groups in total. The Labute approximate surface area is 113 Å². The van der Waals surface area contributed by atoms with Crippen molar-refractivity contribution in [1.82, 2.24) is 0 Å². The molecule has 0 bridgehead atoms. The van der Waals surface area contributed by atoms with E-state index in [9.17, 15) is 10.1 Å². The second-order valence-electron chi connectivity index (χ2n) is 5.43. The number of nitro benzene ring substituents is 1. The van der Waals surface area contributed by atoms with Crippen LogP contribution in [0.25, 0.3) is 0 Å². The van der Waals surface area contributed by atoms with E-state index in [-0.39, 0.29) is 11.1 Å². The first kappa shape index (κ1) is 15.0. The highest BCUT2D eigenvalue weighted by atomic mass is 16.6. The molecule has 0 aliphatic rings. The van der Waals surface area contributed by atoms with Crippen molar-refractivity contribution in [3.63, 3.8) is 0 Å². The number of hydrogen-bond acceptors (Lipinski definition) is 4. The summed E-state index contributed by atoms with van der Waals surface area (Å²) in [5.74, 6) is 0. The predicted molar refractivity (Wildman–Crippen MR) is 75.0 cm³/mol. The van der Waals surface area contributed by atoms with Crippen LogP contribution in [0.3, 0.4) is 0 Å². The Morgan fingerprint density at radius 1 is 1.47 bits per heavy atom. The SMILES string of the molecule is Cc1ccc([N+](=O)[O-])cc1NCC(C)(C)CCC#N. The molecule has 5 nitrogen and oxygen atoms in total. The molecule has 0 amide bonds. The Morgan fingerprint density at radius 2 is 2.16 bits per heavy atom. The standard InChI is InChI=1S/C14H19N3O2/c1-11-5-6-12(17(18)19)9-13(11)16-10-14(2,3)7-4-8-15/h5-6,9,16H,4,7,10H2,1-3H3. The van der Waals surface area contributed by atoms with Crippen LogP contribution in [0.1, 0.15) is 32.3 Å². The van der Waals surface area contributed by atoms with Crippen LogP contribution in [-0.2, 0) is 0 Å². The van der Waals surface area contributed by atoms with Gasteiger partial charge in [0.2, 0.25) is 0 Å². The summed E-state index contributed by atoms with van der Waals surface area (Å²) in [7, 11) is 0. The molecule has 0 fully saturated rings. The third kappa shape index (κ3) is 4.59. The Bertz CT molecular complexity index is 504. The minimum atomic E-state index is -0.397. The van der Waals surface area contributed by atoms with E-state index in [1.807, 2.05) is 6.92 Å². The molecule has 102 valence electrons. The highest BCUT2D eigenvalue weighted by molar-refractivity contribution is 5.56. The van der Waals surface area contributed by atoms with Gasteiger partial charge < -0.3 is 5.32 Å². The zero-order valence-corrected chi connectivity index (χ0v) is 11.6. The van der Waals surface area contributed by atoms with E-state index in [0.717, 1.165) is 17.7 Å². The van der Waals surface area contributed by atoms with Gasteiger partial charge in [-0.2, -0.15) is 5.26 Å². The lowest BCUT2D eigenvalue weighted by Crippen LogP contribution is -2.23. The maximum Gasteiger partial charge on any atom is 0.271 e. The number of nitro groups is 1. The van der Waals surface area contributed by atoms with E-state index in [4.69, 9.17) is 5.26 Å². The maximum absolute atomic E-state index is 10.7. The Morgan fingerprint density at radius 3 is 2.74 bits per heavy atom. The summed E-state index contributed by atoms with van der Waals surface area (Å²) in [4.78, 5) is 10.4. The molecule has 0 aromatic heterocycles. The highest BCUT2D eigenvalue weighted by Gasteiger charge is 2.18. The number of benzene rings is 1. The van der Waals surface area contributed by atoms with Crippen LogP contribution in [-0.4, -0.2) is 11.5 Å². The van der Waals surface area contributed by atoms with Gasteiger partial charge in [-0.25, -0.2) is 0 Å². The quantitative estimate of drug-likeness (QED) is 0.626. The van der Waals surface area contributed by atoms with Gasteiger partial charge in [-0.05, 0) is 24.3 Å². The molecule has 1 rings (SSSR count). The second kappa shape index (κ2) is 6.19. The number of nitrogens with one attached hydrogen (secondary N) is 1. The molecule has 0 saturated heterocycles. The molecular formula is C14H19N3O2. The molecule has 1 aromatic carbocycles. The molecule has 0 spiro atoms. The summed E-state index contributed by atoms with van der Waals surface area (Å²) >= 11 is 0. The second-order valence-corrected chi connectivity index (χ2v) is 5.43. The van der Waals surface area contributed by atoms with Crippen LogP contribution in [0.2, 0.25) is 0 Å². The molecule has 0 heterocycles. The topological polar surface area (TPSA) is 79.0 Å². The normalized spacial score (nSPS) is 10.8. The molecular weight excluding hydrogens is 242 g/mol. The molecule has 19 heavy (non-hydrogen) atoms. The van der Waals surface area contributed by atoms with Gasteiger partial charge in [-0.3, -0.25) is 10.1 Å². The van der Waals surface area contributed by atoms with E-state index in [1.165, 1.54) is 6.07 Å². The molecule has 0 aliphatic heterocycles. The van der Waals surface area contributed by atoms with Crippen LogP contribution in [0, 0.1) is 33.8 Å². The summed E-state index contributed by atoms with van der Waals surface area (Å²) in [6.07, 6.45) is 1.31. The summed E-state index contributed by atoms with van der Waals surface area (Å²) < 4.78 is 0. The minimum absolute atomic E-state index is 0.0210. The molecule has 0 aliphatic carbocycles. The van der Waals surface area contributed by atoms with Gasteiger partial charge in [0.15, 0.2) is 0 Å². The Hall–Kier alpha value is -2.09. The highest BCUT2D eigenvalue weighted by Crippen LogP contribution is 2.26. The molecule has 1 aromatic rings. The first-order valence-corrected chi connectivity index (χ1v) is 6.21. The molecule has 0 atom stereocenters. The summed E-state index contributed by atoms with van der Waals surface area (Å²) in [6, 6.07) is 6.93. The summed E-state index contributed by atoms with van der Waals surface area (Å²) in [6.45, 7) is 6.74. The lowest BCUT2D eigenvalue weighted by molar-refractivity contribution is -0.384. The van der Waals surface area contributed by atoms with Crippen molar-refractivity contribution in [3.05, 3.63) is 33.9 Å². The number of nitrogens with zero attached hydrogens (tertiary/aromatic N) is 2. The van der Waals surface area contributed by atoms with Gasteiger partial charge in [0, 0.05) is 30.8 Å². The fraction of sp³-hybridized carbons (Fsp3) is 0.500. The molecule has 0 unspecified atom stereocenters. The summed E-state index contributed by atoms with van der Waals surface area (Å²) in [5, 5.41) is 22.6. The lowest BCUT2D eigenvalue weighted by Gasteiger charge is -2.24. The zero-order valence-electron chi connectivity index (χ0n) is 11.6. The molecule has 0 saturated carbocycles. The van der Waals surface area contributed by atoms with Crippen LogP contribution in [0.5, 0.6) is 0 Å². The van der Waals surface area contributed by atoms with Crippen LogP contribution >= 0.6 is 0 Å². The predicted octanol–water partition coefficient (Wildman–Crippen LogP) is 3.65. The first-order valence-electron chi connectivity index (χ1n) is 6.21. The van der Waals surface area contributed by atoms with Crippen molar-refractivity contribution in [1.29, 1.82) is 5.26 Å². The van der Waals surface area contributed by atoms with E-state index in [0.29, 0.717) is 13.0 Å². The van der Waals surface area contributed by atoms with Crippen molar-refractivity contribution in [2.75, 3.05) is 11.9 Å². The van der Waals surface area contributed by atoms with Gasteiger partial charge in [0.05, 0.1) is 11.0 Å². The van der Waals surface area contributed by atoms with E-state index >= 15 is 0 Å². The number of nitriles is 1. The average molecular weight is 261 g/mol. The Balaban J connectivity index is 2.74. The smallest absolute Gasteiger partial charge is 0.271 e. The molecule has 0 radical (unpaired) electrons. The van der Waals surface area contributed by atoms with E-state index in [2.05, 4.69) is 25.2 Å². The van der Waals surface area contributed by atoms with E-state index < -0.39 is 4.92 Å². The number of non-ortho nitro benzene ring substituents is 1. The van der Waals surface area contributed by atoms with Crippen molar-refractivity contribution < 1.29 is 4.92 Å². The van der Waals surface area contributed by atoms with Crippen molar-refractivity contribution in [2.24, 2.45) is 5.41 Å². The summed E-state index contributed by atoms with van der Waals surface area (Å²) in [5.41, 5.74) is 1.82. The van der Waals surface area contributed by atoms with Gasteiger partial charge in [0.25, 0.3) is 5.69 Å². The zero-order chi connectivity index (χ0) is 14.5. The van der Waals surface area contributed by atoms with E-state index in [1.54, 1.807) is 12.1 Å². The largest absolute Gasteiger partial charge is 0.384 e. The maximum atomic E-state index is 10.7. The fourth-order valence-corrected chi connectivity index (χ4v) is 1.73. The third-order valence-corrected chi connectivity index (χ3v) is 3.10. The first-order chi connectivity index (χ1) is 8.85. The monoisotopic (exact) mass is 261 g/mol. The van der Waals surface area contributed by atoms with Crippen molar-refractivity contribution >= 4 is 11.4 Å². The number of hydrogen-bond donors (Lipinski definition) is 1. The van der Waals surface area contributed by atoms with Crippen molar-refractivity contribution in [2.45, 2.75) is 33.6 Å². The van der Waals surface area contributed by atoms with Crippen LogP contribution in [0.15, 0.2) is 18.2 Å². The number of aryl methyl sites for hydroxylation is 1. The van der Waals surface area contributed by atoms with Gasteiger partial charge >= 0.3 is 0 Å². The lowest BCUT2D eigenvalue weighted by atomic mass is 9.88. The number of anilines is 1. The fourth-order valence-electron chi connectivity index (χ4n) is 1.73. The van der Waals surface area contributed by atoms with Crippen LogP contribution < -0.4 is 5.32 Å². The average Bonchev–Trinajstić information content (AvgIpc) is 2.35. The van der Waals surface area contributed by atoms with Crippen LogP contribution in [0.4, 0.5) is 11.4 Å². The third-order valence-electron chi connectivity index (χ3n) is 3.10. The van der Waals surface area contributed by atoms with Crippen molar-refractivity contribution in [3.8, 4) is 6.07 Å².